The lowest BCUT2D eigenvalue weighted by molar-refractivity contribution is -0.133. The second kappa shape index (κ2) is 8.66. The first-order valence-corrected chi connectivity index (χ1v) is 9.82. The monoisotopic (exact) mass is 391 g/mol. The summed E-state index contributed by atoms with van der Waals surface area (Å²) in [7, 11) is 1.93. The number of thiophene rings is 1. The zero-order valence-corrected chi connectivity index (χ0v) is 16.3. The number of halogens is 1. The van der Waals surface area contributed by atoms with Crippen molar-refractivity contribution in [3.8, 4) is 0 Å². The van der Waals surface area contributed by atoms with Gasteiger partial charge >= 0.3 is 0 Å². The van der Waals surface area contributed by atoms with Crippen LogP contribution in [0.3, 0.4) is 0 Å². The Labute approximate surface area is 162 Å². The highest BCUT2D eigenvalue weighted by Gasteiger charge is 2.25. The summed E-state index contributed by atoms with van der Waals surface area (Å²) in [6.07, 6.45) is 0. The van der Waals surface area contributed by atoms with Crippen molar-refractivity contribution in [3.63, 3.8) is 0 Å². The molecule has 5 nitrogen and oxygen atoms in total. The molecule has 1 aromatic carbocycles. The van der Waals surface area contributed by atoms with Crippen molar-refractivity contribution in [2.75, 3.05) is 39.8 Å². The topological polar surface area (TPSA) is 43.9 Å². The number of amides is 2. The van der Waals surface area contributed by atoms with Gasteiger partial charge in [0.05, 0.1) is 11.4 Å². The van der Waals surface area contributed by atoms with Crippen LogP contribution in [0, 0.1) is 0 Å². The molecule has 1 aromatic heterocycles. The number of benzene rings is 1. The van der Waals surface area contributed by atoms with Crippen LogP contribution in [-0.4, -0.2) is 66.3 Å². The predicted molar refractivity (Wildman–Crippen MR) is 105 cm³/mol. The molecule has 1 aliphatic rings. The van der Waals surface area contributed by atoms with Gasteiger partial charge in [0.1, 0.15) is 0 Å². The molecular weight excluding hydrogens is 370 g/mol. The molecule has 2 heterocycles. The van der Waals surface area contributed by atoms with Crippen LogP contribution >= 0.6 is 22.9 Å². The van der Waals surface area contributed by atoms with Crippen molar-refractivity contribution in [3.05, 3.63) is 57.2 Å². The van der Waals surface area contributed by atoms with Crippen LogP contribution in [-0.2, 0) is 11.3 Å². The second-order valence-electron chi connectivity index (χ2n) is 6.45. The summed E-state index contributed by atoms with van der Waals surface area (Å²) < 4.78 is 0. The van der Waals surface area contributed by atoms with Crippen molar-refractivity contribution in [2.24, 2.45) is 0 Å². The summed E-state index contributed by atoms with van der Waals surface area (Å²) in [6.45, 7) is 3.41. The number of hydrogen-bond donors (Lipinski definition) is 0. The van der Waals surface area contributed by atoms with Gasteiger partial charge in [0, 0.05) is 37.7 Å². The molecular formula is C19H22ClN3O2S. The van der Waals surface area contributed by atoms with Gasteiger partial charge in [-0.05, 0) is 36.2 Å². The highest BCUT2D eigenvalue weighted by Crippen LogP contribution is 2.14. The lowest BCUT2D eigenvalue weighted by atomic mass is 10.2. The van der Waals surface area contributed by atoms with Crippen LogP contribution in [0.15, 0.2) is 41.8 Å². The van der Waals surface area contributed by atoms with Gasteiger partial charge in [-0.25, -0.2) is 0 Å². The first-order chi connectivity index (χ1) is 12.5. The van der Waals surface area contributed by atoms with Crippen molar-refractivity contribution in [1.29, 1.82) is 0 Å². The summed E-state index contributed by atoms with van der Waals surface area (Å²) in [5.41, 5.74) is 1.12. The Hall–Kier alpha value is -1.89. The normalized spacial score (nSPS) is 14.7. The maximum atomic E-state index is 12.5. The average molecular weight is 392 g/mol. The van der Waals surface area contributed by atoms with Gasteiger partial charge in [0.2, 0.25) is 5.91 Å². The van der Waals surface area contributed by atoms with Crippen LogP contribution in [0.4, 0.5) is 0 Å². The van der Waals surface area contributed by atoms with Crippen molar-refractivity contribution in [1.82, 2.24) is 14.7 Å². The van der Waals surface area contributed by atoms with Gasteiger partial charge in [0.25, 0.3) is 5.91 Å². The lowest BCUT2D eigenvalue weighted by Gasteiger charge is -2.35. The van der Waals surface area contributed by atoms with E-state index in [9.17, 15) is 9.59 Å². The zero-order chi connectivity index (χ0) is 18.5. The molecule has 0 aliphatic carbocycles. The van der Waals surface area contributed by atoms with Crippen LogP contribution in [0.1, 0.15) is 15.2 Å². The molecule has 1 fully saturated rings. The van der Waals surface area contributed by atoms with E-state index in [0.717, 1.165) is 10.4 Å². The SMILES string of the molecule is CN(CC(=O)N1CCN(C(=O)c2cccs2)CC1)Cc1ccc(Cl)cc1. The first kappa shape index (κ1) is 18.9. The Bertz CT molecular complexity index is 741. The van der Waals surface area contributed by atoms with Crippen LogP contribution in [0.25, 0.3) is 0 Å². The molecule has 0 atom stereocenters. The third-order valence-corrected chi connectivity index (χ3v) is 5.53. The lowest BCUT2D eigenvalue weighted by Crippen LogP contribution is -2.52. The quantitative estimate of drug-likeness (QED) is 0.787. The van der Waals surface area contributed by atoms with E-state index in [-0.39, 0.29) is 11.8 Å². The summed E-state index contributed by atoms with van der Waals surface area (Å²) in [5.74, 6) is 0.164. The predicted octanol–water partition coefficient (Wildman–Crippen LogP) is 2.82. The summed E-state index contributed by atoms with van der Waals surface area (Å²) in [6, 6.07) is 11.4. The fraction of sp³-hybridized carbons (Fsp3) is 0.368. The van der Waals surface area contributed by atoms with Crippen LogP contribution in [0.2, 0.25) is 5.02 Å². The molecule has 0 bridgehead atoms. The summed E-state index contributed by atoms with van der Waals surface area (Å²) in [5, 5.41) is 2.62. The van der Waals surface area contributed by atoms with Crippen LogP contribution in [0.5, 0.6) is 0 Å². The molecule has 2 amide bonds. The van der Waals surface area contributed by atoms with E-state index in [4.69, 9.17) is 11.6 Å². The van der Waals surface area contributed by atoms with E-state index in [1.54, 1.807) is 0 Å². The third kappa shape index (κ3) is 4.84. The summed E-state index contributed by atoms with van der Waals surface area (Å²) in [4.78, 5) is 31.3. The molecule has 1 saturated heterocycles. The largest absolute Gasteiger partial charge is 0.338 e. The van der Waals surface area contributed by atoms with Gasteiger partial charge in [-0.2, -0.15) is 0 Å². The van der Waals surface area contributed by atoms with Crippen molar-refractivity contribution < 1.29 is 9.59 Å². The molecule has 3 rings (SSSR count). The Kier molecular flexibility index (Phi) is 6.29. The molecule has 0 N–H and O–H groups in total. The highest BCUT2D eigenvalue weighted by atomic mass is 35.5. The fourth-order valence-corrected chi connectivity index (χ4v) is 3.82. The number of rotatable bonds is 5. The summed E-state index contributed by atoms with van der Waals surface area (Å²) >= 11 is 7.35. The molecule has 1 aliphatic heterocycles. The molecule has 138 valence electrons. The van der Waals surface area contributed by atoms with E-state index in [2.05, 4.69) is 0 Å². The van der Waals surface area contributed by atoms with Crippen LogP contribution < -0.4 is 0 Å². The van der Waals surface area contributed by atoms with E-state index in [1.807, 2.05) is 63.5 Å². The minimum atomic E-state index is 0.0620. The maximum Gasteiger partial charge on any atom is 0.264 e. The average Bonchev–Trinajstić information content (AvgIpc) is 3.18. The van der Waals surface area contributed by atoms with E-state index >= 15 is 0 Å². The van der Waals surface area contributed by atoms with Gasteiger partial charge in [-0.15, -0.1) is 11.3 Å². The molecule has 0 spiro atoms. The second-order valence-corrected chi connectivity index (χ2v) is 7.83. The number of likely N-dealkylation sites (N-methyl/N-ethyl adjacent to an activating group) is 1. The number of piperazine rings is 1. The molecule has 0 unspecified atom stereocenters. The highest BCUT2D eigenvalue weighted by molar-refractivity contribution is 7.12. The number of carbonyl (C=O) groups excluding carboxylic acids is 2. The van der Waals surface area contributed by atoms with E-state index in [1.165, 1.54) is 11.3 Å². The van der Waals surface area contributed by atoms with E-state index in [0.29, 0.717) is 44.3 Å². The van der Waals surface area contributed by atoms with Crippen molar-refractivity contribution >= 4 is 34.8 Å². The fourth-order valence-electron chi connectivity index (χ4n) is 3.00. The van der Waals surface area contributed by atoms with Gasteiger partial charge < -0.3 is 9.80 Å². The number of carbonyl (C=O) groups is 2. The Balaban J connectivity index is 1.46. The zero-order valence-electron chi connectivity index (χ0n) is 14.7. The van der Waals surface area contributed by atoms with Gasteiger partial charge in [-0.3, -0.25) is 14.5 Å². The minimum absolute atomic E-state index is 0.0620. The standard InChI is InChI=1S/C19H22ClN3O2S/c1-21(13-15-4-6-16(20)7-5-15)14-18(24)22-8-10-23(11-9-22)19(25)17-3-2-12-26-17/h2-7,12H,8-11,13-14H2,1H3. The molecule has 0 radical (unpaired) electrons. The number of hydrogen-bond acceptors (Lipinski definition) is 4. The molecule has 26 heavy (non-hydrogen) atoms. The molecule has 2 aromatic rings. The molecule has 7 heteroatoms. The minimum Gasteiger partial charge on any atom is -0.338 e. The van der Waals surface area contributed by atoms with Crippen molar-refractivity contribution in [2.45, 2.75) is 6.54 Å². The number of nitrogens with zero attached hydrogens (tertiary/aromatic N) is 3. The van der Waals surface area contributed by atoms with Gasteiger partial charge in [-0.1, -0.05) is 29.8 Å². The Morgan fingerprint density at radius 2 is 1.73 bits per heavy atom. The Morgan fingerprint density at radius 3 is 2.35 bits per heavy atom. The first-order valence-electron chi connectivity index (χ1n) is 8.56. The smallest absolute Gasteiger partial charge is 0.264 e. The van der Waals surface area contributed by atoms with Gasteiger partial charge in [0.15, 0.2) is 0 Å². The maximum absolute atomic E-state index is 12.5. The Morgan fingerprint density at radius 1 is 1.08 bits per heavy atom. The molecule has 0 saturated carbocycles. The third-order valence-electron chi connectivity index (χ3n) is 4.42. The van der Waals surface area contributed by atoms with E-state index < -0.39 is 0 Å².